The summed E-state index contributed by atoms with van der Waals surface area (Å²) in [5, 5.41) is 8.69. The molecular formula is C13H19FO2. The molecule has 1 aromatic rings. The SMILES string of the molecule is CC(C)CCc1cc(F)ccc1OCCO. The highest BCUT2D eigenvalue weighted by Crippen LogP contribution is 2.22. The van der Waals surface area contributed by atoms with E-state index < -0.39 is 0 Å². The number of halogens is 1. The van der Waals surface area contributed by atoms with Crippen LogP contribution >= 0.6 is 0 Å². The predicted octanol–water partition coefficient (Wildman–Crippen LogP) is 2.79. The third kappa shape index (κ3) is 4.19. The molecule has 0 aliphatic rings. The monoisotopic (exact) mass is 226 g/mol. The number of rotatable bonds is 6. The molecule has 0 radical (unpaired) electrons. The fraction of sp³-hybridized carbons (Fsp3) is 0.538. The fourth-order valence-corrected chi connectivity index (χ4v) is 1.48. The van der Waals surface area contributed by atoms with Gasteiger partial charge in [0.15, 0.2) is 0 Å². The molecule has 1 aromatic carbocycles. The molecule has 0 aliphatic heterocycles. The summed E-state index contributed by atoms with van der Waals surface area (Å²) in [6, 6.07) is 4.52. The Bertz CT molecular complexity index is 324. The standard InChI is InChI=1S/C13H19FO2/c1-10(2)3-4-11-9-12(14)5-6-13(11)16-8-7-15/h5-6,9-10,15H,3-4,7-8H2,1-2H3. The number of aryl methyl sites for hydroxylation is 1. The second kappa shape index (κ2) is 6.48. The van der Waals surface area contributed by atoms with Crippen molar-refractivity contribution in [1.29, 1.82) is 0 Å². The van der Waals surface area contributed by atoms with Crippen LogP contribution in [0.25, 0.3) is 0 Å². The fourth-order valence-electron chi connectivity index (χ4n) is 1.48. The van der Waals surface area contributed by atoms with E-state index in [1.165, 1.54) is 12.1 Å². The van der Waals surface area contributed by atoms with Gasteiger partial charge in [-0.2, -0.15) is 0 Å². The van der Waals surface area contributed by atoms with E-state index in [4.69, 9.17) is 9.84 Å². The largest absolute Gasteiger partial charge is 0.491 e. The Kier molecular flexibility index (Phi) is 5.26. The van der Waals surface area contributed by atoms with E-state index in [0.29, 0.717) is 11.7 Å². The summed E-state index contributed by atoms with van der Waals surface area (Å²) in [5.41, 5.74) is 0.877. The molecule has 0 atom stereocenters. The lowest BCUT2D eigenvalue weighted by molar-refractivity contribution is 0.200. The zero-order valence-electron chi connectivity index (χ0n) is 9.87. The molecule has 90 valence electrons. The summed E-state index contributed by atoms with van der Waals surface area (Å²) < 4.78 is 18.4. The third-order valence-electron chi connectivity index (χ3n) is 2.36. The molecule has 0 bridgehead atoms. The lowest BCUT2D eigenvalue weighted by atomic mass is 10.0. The van der Waals surface area contributed by atoms with E-state index in [9.17, 15) is 4.39 Å². The lowest BCUT2D eigenvalue weighted by Crippen LogP contribution is -2.05. The molecular weight excluding hydrogens is 207 g/mol. The first-order valence-corrected chi connectivity index (χ1v) is 5.65. The molecule has 0 heterocycles. The summed E-state index contributed by atoms with van der Waals surface area (Å²) in [5.74, 6) is 1.01. The van der Waals surface area contributed by atoms with Gasteiger partial charge in [0.05, 0.1) is 6.61 Å². The van der Waals surface area contributed by atoms with Crippen LogP contribution < -0.4 is 4.74 Å². The van der Waals surface area contributed by atoms with Gasteiger partial charge >= 0.3 is 0 Å². The van der Waals surface area contributed by atoms with Crippen molar-refractivity contribution in [1.82, 2.24) is 0 Å². The number of aliphatic hydroxyl groups excluding tert-OH is 1. The Labute approximate surface area is 96.1 Å². The molecule has 2 nitrogen and oxygen atoms in total. The molecule has 0 aromatic heterocycles. The number of hydrogen-bond acceptors (Lipinski definition) is 2. The van der Waals surface area contributed by atoms with Gasteiger partial charge < -0.3 is 9.84 Å². The first-order valence-electron chi connectivity index (χ1n) is 5.65. The van der Waals surface area contributed by atoms with E-state index in [1.54, 1.807) is 6.07 Å². The van der Waals surface area contributed by atoms with Crippen molar-refractivity contribution in [3.05, 3.63) is 29.6 Å². The third-order valence-corrected chi connectivity index (χ3v) is 2.36. The average Bonchev–Trinajstić information content (AvgIpc) is 2.25. The molecule has 0 spiro atoms. The van der Waals surface area contributed by atoms with Crippen LogP contribution in [0.2, 0.25) is 0 Å². The molecule has 1 rings (SSSR count). The maximum absolute atomic E-state index is 13.1. The average molecular weight is 226 g/mol. The van der Waals surface area contributed by atoms with Crippen LogP contribution in [0.1, 0.15) is 25.8 Å². The molecule has 16 heavy (non-hydrogen) atoms. The minimum Gasteiger partial charge on any atom is -0.491 e. The van der Waals surface area contributed by atoms with Crippen LogP contribution in [0.5, 0.6) is 5.75 Å². The zero-order valence-corrected chi connectivity index (χ0v) is 9.87. The van der Waals surface area contributed by atoms with Crippen molar-refractivity contribution >= 4 is 0 Å². The second-order valence-corrected chi connectivity index (χ2v) is 4.26. The van der Waals surface area contributed by atoms with Gasteiger partial charge in [-0.1, -0.05) is 13.8 Å². The van der Waals surface area contributed by atoms with Crippen molar-refractivity contribution in [2.45, 2.75) is 26.7 Å². The second-order valence-electron chi connectivity index (χ2n) is 4.26. The Balaban J connectivity index is 2.72. The number of hydrogen-bond donors (Lipinski definition) is 1. The Morgan fingerprint density at radius 2 is 2.12 bits per heavy atom. The predicted molar refractivity (Wildman–Crippen MR) is 62.1 cm³/mol. The van der Waals surface area contributed by atoms with E-state index in [1.807, 2.05) is 0 Å². The molecule has 0 saturated carbocycles. The van der Waals surface area contributed by atoms with Gasteiger partial charge in [-0.3, -0.25) is 0 Å². The molecule has 0 amide bonds. The Morgan fingerprint density at radius 3 is 2.75 bits per heavy atom. The minimum atomic E-state index is -0.241. The van der Waals surface area contributed by atoms with Gasteiger partial charge in [0.25, 0.3) is 0 Å². The lowest BCUT2D eigenvalue weighted by Gasteiger charge is -2.11. The highest BCUT2D eigenvalue weighted by atomic mass is 19.1. The van der Waals surface area contributed by atoms with Gasteiger partial charge in [-0.15, -0.1) is 0 Å². The number of ether oxygens (including phenoxy) is 1. The van der Waals surface area contributed by atoms with Crippen molar-refractivity contribution in [3.63, 3.8) is 0 Å². The Morgan fingerprint density at radius 1 is 1.38 bits per heavy atom. The summed E-state index contributed by atoms with van der Waals surface area (Å²) in [4.78, 5) is 0. The van der Waals surface area contributed by atoms with Gasteiger partial charge in [0.1, 0.15) is 18.2 Å². The van der Waals surface area contributed by atoms with E-state index in [2.05, 4.69) is 13.8 Å². The van der Waals surface area contributed by atoms with Crippen LogP contribution in [0.3, 0.4) is 0 Å². The summed E-state index contributed by atoms with van der Waals surface area (Å²) in [6.45, 7) is 4.49. The summed E-state index contributed by atoms with van der Waals surface area (Å²) in [6.07, 6.45) is 1.80. The molecule has 0 fully saturated rings. The van der Waals surface area contributed by atoms with Crippen LogP contribution in [0, 0.1) is 11.7 Å². The quantitative estimate of drug-likeness (QED) is 0.808. The van der Waals surface area contributed by atoms with Gasteiger partial charge in [0, 0.05) is 0 Å². The van der Waals surface area contributed by atoms with Crippen LogP contribution in [-0.2, 0) is 6.42 Å². The first-order chi connectivity index (χ1) is 7.63. The van der Waals surface area contributed by atoms with E-state index in [0.717, 1.165) is 18.4 Å². The van der Waals surface area contributed by atoms with Gasteiger partial charge in [0.2, 0.25) is 0 Å². The van der Waals surface area contributed by atoms with Crippen molar-refractivity contribution in [2.24, 2.45) is 5.92 Å². The molecule has 0 saturated heterocycles. The highest BCUT2D eigenvalue weighted by molar-refractivity contribution is 5.34. The topological polar surface area (TPSA) is 29.5 Å². The molecule has 0 unspecified atom stereocenters. The van der Waals surface area contributed by atoms with Gasteiger partial charge in [-0.25, -0.2) is 4.39 Å². The summed E-state index contributed by atoms with van der Waals surface area (Å²) >= 11 is 0. The summed E-state index contributed by atoms with van der Waals surface area (Å²) in [7, 11) is 0. The molecule has 0 aliphatic carbocycles. The van der Waals surface area contributed by atoms with Crippen molar-refractivity contribution in [3.8, 4) is 5.75 Å². The van der Waals surface area contributed by atoms with Crippen LogP contribution in [0.4, 0.5) is 4.39 Å². The maximum atomic E-state index is 13.1. The maximum Gasteiger partial charge on any atom is 0.123 e. The number of aliphatic hydroxyl groups is 1. The van der Waals surface area contributed by atoms with Crippen molar-refractivity contribution in [2.75, 3.05) is 13.2 Å². The van der Waals surface area contributed by atoms with E-state index >= 15 is 0 Å². The molecule has 3 heteroatoms. The van der Waals surface area contributed by atoms with Crippen LogP contribution in [0.15, 0.2) is 18.2 Å². The van der Waals surface area contributed by atoms with Crippen LogP contribution in [-0.4, -0.2) is 18.3 Å². The van der Waals surface area contributed by atoms with E-state index in [-0.39, 0.29) is 19.0 Å². The minimum absolute atomic E-state index is 0.0268. The van der Waals surface area contributed by atoms with Crippen molar-refractivity contribution < 1.29 is 14.2 Å². The smallest absolute Gasteiger partial charge is 0.123 e. The normalized spacial score (nSPS) is 10.8. The number of benzene rings is 1. The molecule has 1 N–H and O–H groups in total. The Hall–Kier alpha value is -1.09. The first kappa shape index (κ1) is 13.0. The highest BCUT2D eigenvalue weighted by Gasteiger charge is 2.06. The van der Waals surface area contributed by atoms with Gasteiger partial charge in [-0.05, 0) is 42.5 Å². The zero-order chi connectivity index (χ0) is 12.0.